The molecule has 0 spiro atoms. The number of nitrogens with zero attached hydrogens (tertiary/aromatic N) is 2. The number of imide groups is 1. The molecule has 4 amide bonds. The number of carbonyl (C=O) groups is 5. The molecule has 1 aliphatic heterocycles. The van der Waals surface area contributed by atoms with E-state index in [9.17, 15) is 24.0 Å². The molecule has 1 heterocycles. The third-order valence-corrected chi connectivity index (χ3v) is 4.03. The van der Waals surface area contributed by atoms with Crippen LogP contribution < -0.4 is 10.6 Å². The fourth-order valence-corrected chi connectivity index (χ4v) is 2.56. The second-order valence-electron chi connectivity index (χ2n) is 6.54. The average molecular weight is 388 g/mol. The molecule has 10 nitrogen and oxygen atoms in total. The fourth-order valence-electron chi connectivity index (χ4n) is 2.56. The van der Waals surface area contributed by atoms with Crippen molar-refractivity contribution >= 4 is 29.6 Å². The number of rotatable bonds is 11. The van der Waals surface area contributed by atoms with E-state index in [2.05, 4.69) is 10.6 Å². The molecular formula is C17H28N4O6. The van der Waals surface area contributed by atoms with E-state index >= 15 is 0 Å². The number of amides is 4. The van der Waals surface area contributed by atoms with Gasteiger partial charge in [0.25, 0.3) is 11.8 Å². The summed E-state index contributed by atoms with van der Waals surface area (Å²) >= 11 is 0. The van der Waals surface area contributed by atoms with Gasteiger partial charge in [0.2, 0.25) is 11.8 Å². The van der Waals surface area contributed by atoms with Crippen molar-refractivity contribution in [1.82, 2.24) is 20.6 Å². The first-order valence-electron chi connectivity index (χ1n) is 8.97. The van der Waals surface area contributed by atoms with E-state index in [4.69, 9.17) is 4.84 Å². The lowest BCUT2D eigenvalue weighted by Crippen LogP contribution is -2.44. The Hall–Kier alpha value is -2.49. The summed E-state index contributed by atoms with van der Waals surface area (Å²) in [5, 5.41) is 5.85. The van der Waals surface area contributed by atoms with Gasteiger partial charge in [-0.05, 0) is 33.4 Å². The van der Waals surface area contributed by atoms with E-state index in [-0.39, 0.29) is 43.7 Å². The largest absolute Gasteiger partial charge is 0.356 e. The number of hydrogen-bond acceptors (Lipinski definition) is 7. The topological polar surface area (TPSA) is 125 Å². The van der Waals surface area contributed by atoms with Gasteiger partial charge in [0.1, 0.15) is 0 Å². The van der Waals surface area contributed by atoms with E-state index in [0.717, 1.165) is 12.8 Å². The summed E-state index contributed by atoms with van der Waals surface area (Å²) in [6.45, 7) is 2.07. The number of carbonyl (C=O) groups excluding carboxylic acids is 5. The van der Waals surface area contributed by atoms with Gasteiger partial charge in [0.15, 0.2) is 0 Å². The molecule has 0 saturated carbocycles. The van der Waals surface area contributed by atoms with Gasteiger partial charge in [-0.25, -0.2) is 4.79 Å². The lowest BCUT2D eigenvalue weighted by molar-refractivity contribution is -0.197. The highest BCUT2D eigenvalue weighted by Gasteiger charge is 2.32. The van der Waals surface area contributed by atoms with Crippen LogP contribution in [0.2, 0.25) is 0 Å². The van der Waals surface area contributed by atoms with Gasteiger partial charge in [-0.2, -0.15) is 0 Å². The predicted octanol–water partition coefficient (Wildman–Crippen LogP) is -0.663. The fraction of sp³-hybridized carbons (Fsp3) is 0.706. The monoisotopic (exact) mass is 388 g/mol. The molecule has 0 aromatic rings. The zero-order chi connectivity index (χ0) is 20.4. The molecule has 152 valence electrons. The predicted molar refractivity (Wildman–Crippen MR) is 94.8 cm³/mol. The minimum Gasteiger partial charge on any atom is -0.356 e. The van der Waals surface area contributed by atoms with Crippen molar-refractivity contribution < 1.29 is 28.8 Å². The molecule has 1 aliphatic rings. The Morgan fingerprint density at radius 3 is 2.26 bits per heavy atom. The summed E-state index contributed by atoms with van der Waals surface area (Å²) in [4.78, 5) is 64.1. The van der Waals surface area contributed by atoms with Gasteiger partial charge < -0.3 is 15.5 Å². The molecule has 0 radical (unpaired) electrons. The number of hydroxylamine groups is 2. The Kier molecular flexibility index (Phi) is 9.41. The van der Waals surface area contributed by atoms with Gasteiger partial charge in [-0.1, -0.05) is 0 Å². The normalized spacial score (nSPS) is 15.0. The number of hydrogen-bond donors (Lipinski definition) is 2. The first-order chi connectivity index (χ1) is 12.7. The summed E-state index contributed by atoms with van der Waals surface area (Å²) in [7, 11) is 3.58. The number of nitrogens with one attached hydrogen (secondary N) is 2. The molecule has 1 rings (SSSR count). The van der Waals surface area contributed by atoms with E-state index in [1.165, 1.54) is 6.92 Å². The lowest BCUT2D eigenvalue weighted by Gasteiger charge is -2.23. The van der Waals surface area contributed by atoms with Crippen LogP contribution in [-0.2, 0) is 28.8 Å². The van der Waals surface area contributed by atoms with Gasteiger partial charge in [0, 0.05) is 32.9 Å². The molecule has 10 heteroatoms. The Bertz CT molecular complexity index is 562. The molecule has 0 aliphatic carbocycles. The molecule has 1 fully saturated rings. The quantitative estimate of drug-likeness (QED) is 0.273. The van der Waals surface area contributed by atoms with Crippen LogP contribution in [0.5, 0.6) is 0 Å². The summed E-state index contributed by atoms with van der Waals surface area (Å²) in [6, 6.07) is -0.361. The second kappa shape index (κ2) is 11.3. The molecule has 1 saturated heterocycles. The Morgan fingerprint density at radius 2 is 1.70 bits per heavy atom. The van der Waals surface area contributed by atoms with E-state index in [1.54, 1.807) is 19.0 Å². The van der Waals surface area contributed by atoms with Crippen molar-refractivity contribution in [3.05, 3.63) is 0 Å². The maximum atomic E-state index is 12.3. The molecule has 2 N–H and O–H groups in total. The van der Waals surface area contributed by atoms with Crippen molar-refractivity contribution in [3.63, 3.8) is 0 Å². The molecule has 1 unspecified atom stereocenters. The second-order valence-corrected chi connectivity index (χ2v) is 6.54. The van der Waals surface area contributed by atoms with Crippen LogP contribution in [-0.4, -0.2) is 72.8 Å². The van der Waals surface area contributed by atoms with Gasteiger partial charge in [-0.3, -0.25) is 24.1 Å². The van der Waals surface area contributed by atoms with Crippen LogP contribution in [0.15, 0.2) is 0 Å². The SMILES string of the molecule is CN([13CH3])C(CCC[13CH2]N[13C]([13CH3])=O)C(=O)NCCC(=O)ON1C(=O)CCC1=O. The van der Waals surface area contributed by atoms with Crippen LogP contribution in [0.4, 0.5) is 0 Å². The average Bonchev–Trinajstić information content (AvgIpc) is 2.89. The molecule has 0 bridgehead atoms. The Morgan fingerprint density at radius 1 is 1.07 bits per heavy atom. The van der Waals surface area contributed by atoms with Crippen LogP contribution in [0.1, 0.15) is 45.4 Å². The van der Waals surface area contributed by atoms with E-state index < -0.39 is 17.8 Å². The van der Waals surface area contributed by atoms with Crippen molar-refractivity contribution in [2.45, 2.75) is 51.5 Å². The van der Waals surface area contributed by atoms with E-state index in [1.807, 2.05) is 0 Å². The highest BCUT2D eigenvalue weighted by molar-refractivity contribution is 6.01. The third kappa shape index (κ3) is 8.16. The summed E-state index contributed by atoms with van der Waals surface area (Å²) in [5.74, 6) is -2.13. The minimum atomic E-state index is -0.754. The van der Waals surface area contributed by atoms with Crippen molar-refractivity contribution in [2.24, 2.45) is 0 Å². The first kappa shape index (κ1) is 22.6. The van der Waals surface area contributed by atoms with Crippen molar-refractivity contribution in [1.29, 1.82) is 0 Å². The van der Waals surface area contributed by atoms with Crippen LogP contribution in [0.3, 0.4) is 0 Å². The van der Waals surface area contributed by atoms with Gasteiger partial charge in [0.05, 0.1) is 12.5 Å². The summed E-state index contributed by atoms with van der Waals surface area (Å²) in [6.07, 6.45) is 2.06. The zero-order valence-corrected chi connectivity index (χ0v) is 16.1. The zero-order valence-electron chi connectivity index (χ0n) is 16.1. The number of unbranched alkanes of at least 4 members (excludes halogenated alkanes) is 1. The van der Waals surface area contributed by atoms with Gasteiger partial charge >= 0.3 is 5.97 Å². The highest BCUT2D eigenvalue weighted by Crippen LogP contribution is 2.12. The highest BCUT2D eigenvalue weighted by atomic mass is 16.7. The summed E-state index contributed by atoms with van der Waals surface area (Å²) in [5.41, 5.74) is 0. The minimum absolute atomic E-state index is 0.0370. The Labute approximate surface area is 158 Å². The maximum Gasteiger partial charge on any atom is 0.334 e. The summed E-state index contributed by atoms with van der Waals surface area (Å²) < 4.78 is 0. The lowest BCUT2D eigenvalue weighted by atomic mass is 10.1. The van der Waals surface area contributed by atoms with Crippen LogP contribution in [0.25, 0.3) is 0 Å². The van der Waals surface area contributed by atoms with Crippen molar-refractivity contribution in [2.75, 3.05) is 27.2 Å². The van der Waals surface area contributed by atoms with Crippen LogP contribution in [0, 0.1) is 0 Å². The maximum absolute atomic E-state index is 12.3. The standard InChI is InChI=1S/C17H28N4O6/c1-12(22)18-10-5-4-6-13(20(2)3)17(26)19-11-9-16(25)27-21-14(23)7-8-15(21)24/h13H,4-11H2,1-3H3,(H,18,22)(H,19,26)/i1+1,2+1,10+1,12+1. The molecular weight excluding hydrogens is 360 g/mol. The third-order valence-electron chi connectivity index (χ3n) is 4.03. The smallest absolute Gasteiger partial charge is 0.334 e. The molecule has 0 aromatic carbocycles. The van der Waals surface area contributed by atoms with Crippen molar-refractivity contribution in [3.8, 4) is 0 Å². The van der Waals surface area contributed by atoms with E-state index in [0.29, 0.717) is 18.0 Å². The molecule has 1 atom stereocenters. The Balaban J connectivity index is 2.30. The van der Waals surface area contributed by atoms with Crippen LogP contribution >= 0.6 is 0 Å². The van der Waals surface area contributed by atoms with Gasteiger partial charge in [-0.15, -0.1) is 5.06 Å². The molecule has 27 heavy (non-hydrogen) atoms. The number of likely N-dealkylation sites (N-methyl/N-ethyl adjacent to an activating group) is 1. The molecule has 0 aromatic heterocycles. The first-order valence-corrected chi connectivity index (χ1v) is 8.97.